The highest BCUT2D eigenvalue weighted by molar-refractivity contribution is 7.85. The van der Waals surface area contributed by atoms with Gasteiger partial charge in [0.15, 0.2) is 0 Å². The third-order valence-corrected chi connectivity index (χ3v) is 4.79. The van der Waals surface area contributed by atoms with Crippen LogP contribution in [0.1, 0.15) is 39.0 Å². The van der Waals surface area contributed by atoms with Crippen LogP contribution in [0.15, 0.2) is 0 Å². The van der Waals surface area contributed by atoms with Crippen molar-refractivity contribution in [2.75, 3.05) is 12.8 Å². The molecule has 1 rings (SSSR count). The summed E-state index contributed by atoms with van der Waals surface area (Å²) >= 11 is 0. The van der Waals surface area contributed by atoms with Crippen molar-refractivity contribution in [2.45, 2.75) is 50.3 Å². The van der Waals surface area contributed by atoms with Gasteiger partial charge >= 0.3 is 0 Å². The van der Waals surface area contributed by atoms with Crippen LogP contribution in [0.3, 0.4) is 0 Å². The summed E-state index contributed by atoms with van der Waals surface area (Å²) in [5.74, 6) is 0.890. The van der Waals surface area contributed by atoms with E-state index in [9.17, 15) is 4.21 Å². The average Bonchev–Trinajstić information content (AvgIpc) is 2.18. The van der Waals surface area contributed by atoms with Crippen LogP contribution >= 0.6 is 0 Å². The zero-order valence-electron chi connectivity index (χ0n) is 8.71. The molecule has 0 radical (unpaired) electrons. The predicted molar refractivity (Wildman–Crippen MR) is 58.4 cm³/mol. The van der Waals surface area contributed by atoms with Crippen LogP contribution in [-0.2, 0) is 10.8 Å². The molecule has 1 N–H and O–H groups in total. The van der Waals surface area contributed by atoms with E-state index in [2.05, 4.69) is 12.2 Å². The quantitative estimate of drug-likeness (QED) is 0.753. The summed E-state index contributed by atoms with van der Waals surface area (Å²) in [4.78, 5) is 0. The Kier molecular flexibility index (Phi) is 4.96. The summed E-state index contributed by atoms with van der Waals surface area (Å²) in [7, 11) is 1.44. The van der Waals surface area contributed by atoms with E-state index in [1.807, 2.05) is 7.05 Å². The SMILES string of the molecule is CCCS(=O)C1CCCC(NC)C1. The standard InChI is InChI=1S/C10H21NOS/c1-3-7-13(12)10-6-4-5-9(8-10)11-2/h9-11H,3-8H2,1-2H3. The van der Waals surface area contributed by atoms with Gasteiger partial charge in [0.25, 0.3) is 0 Å². The number of hydrogen-bond donors (Lipinski definition) is 1. The van der Waals surface area contributed by atoms with Crippen molar-refractivity contribution in [3.05, 3.63) is 0 Å². The van der Waals surface area contributed by atoms with E-state index >= 15 is 0 Å². The summed E-state index contributed by atoms with van der Waals surface area (Å²) < 4.78 is 11.7. The maximum Gasteiger partial charge on any atom is 0.0362 e. The molecule has 1 aliphatic carbocycles. The molecule has 3 heteroatoms. The summed E-state index contributed by atoms with van der Waals surface area (Å²) in [6.45, 7) is 2.11. The van der Waals surface area contributed by atoms with Crippen LogP contribution in [0, 0.1) is 0 Å². The first kappa shape index (κ1) is 11.2. The highest BCUT2D eigenvalue weighted by atomic mass is 32.2. The minimum absolute atomic E-state index is 0.464. The third-order valence-electron chi connectivity index (χ3n) is 2.81. The molecule has 0 aromatic heterocycles. The maximum absolute atomic E-state index is 11.7. The minimum Gasteiger partial charge on any atom is -0.317 e. The van der Waals surface area contributed by atoms with E-state index in [-0.39, 0.29) is 0 Å². The second kappa shape index (κ2) is 5.76. The van der Waals surface area contributed by atoms with Crippen LogP contribution in [0.4, 0.5) is 0 Å². The van der Waals surface area contributed by atoms with E-state index in [0.29, 0.717) is 11.3 Å². The molecule has 0 aromatic rings. The summed E-state index contributed by atoms with van der Waals surface area (Å²) in [5.41, 5.74) is 0. The van der Waals surface area contributed by atoms with Crippen LogP contribution < -0.4 is 5.32 Å². The molecule has 1 saturated carbocycles. The van der Waals surface area contributed by atoms with Crippen LogP contribution in [0.5, 0.6) is 0 Å². The van der Waals surface area contributed by atoms with Crippen molar-refractivity contribution in [1.29, 1.82) is 0 Å². The molecule has 0 aliphatic heterocycles. The molecule has 0 saturated heterocycles. The van der Waals surface area contributed by atoms with Crippen LogP contribution in [-0.4, -0.2) is 28.3 Å². The van der Waals surface area contributed by atoms with Crippen LogP contribution in [0.25, 0.3) is 0 Å². The fraction of sp³-hybridized carbons (Fsp3) is 1.00. The fourth-order valence-corrected chi connectivity index (χ4v) is 3.63. The van der Waals surface area contributed by atoms with E-state index in [1.165, 1.54) is 19.3 Å². The first-order valence-electron chi connectivity index (χ1n) is 5.32. The molecule has 0 spiro atoms. The van der Waals surface area contributed by atoms with Gasteiger partial charge < -0.3 is 5.32 Å². The molecule has 2 nitrogen and oxygen atoms in total. The number of rotatable bonds is 4. The monoisotopic (exact) mass is 203 g/mol. The molecular weight excluding hydrogens is 182 g/mol. The van der Waals surface area contributed by atoms with Crippen molar-refractivity contribution in [3.8, 4) is 0 Å². The zero-order chi connectivity index (χ0) is 9.68. The van der Waals surface area contributed by atoms with Gasteiger partial charge in [0.2, 0.25) is 0 Å². The molecular formula is C10H21NOS. The zero-order valence-corrected chi connectivity index (χ0v) is 9.53. The van der Waals surface area contributed by atoms with Crippen molar-refractivity contribution in [2.24, 2.45) is 0 Å². The van der Waals surface area contributed by atoms with Gasteiger partial charge in [0.05, 0.1) is 0 Å². The third kappa shape index (κ3) is 3.39. The van der Waals surface area contributed by atoms with Gasteiger partial charge in [0, 0.05) is 27.8 Å². The summed E-state index contributed by atoms with van der Waals surface area (Å²) in [6.07, 6.45) is 5.84. The lowest BCUT2D eigenvalue weighted by atomic mass is 9.95. The van der Waals surface area contributed by atoms with Gasteiger partial charge in [-0.1, -0.05) is 13.3 Å². The van der Waals surface area contributed by atoms with Crippen molar-refractivity contribution < 1.29 is 4.21 Å². The Bertz CT molecular complexity index is 172. The van der Waals surface area contributed by atoms with Gasteiger partial charge in [-0.25, -0.2) is 0 Å². The Morgan fingerprint density at radius 2 is 2.23 bits per heavy atom. The molecule has 3 atom stereocenters. The van der Waals surface area contributed by atoms with Gasteiger partial charge in [-0.2, -0.15) is 0 Å². The fourth-order valence-electron chi connectivity index (χ4n) is 2.01. The molecule has 0 heterocycles. The lowest BCUT2D eigenvalue weighted by molar-refractivity contribution is 0.398. The van der Waals surface area contributed by atoms with Gasteiger partial charge in [-0.15, -0.1) is 0 Å². The van der Waals surface area contributed by atoms with Gasteiger partial charge in [0.1, 0.15) is 0 Å². The molecule has 1 fully saturated rings. The van der Waals surface area contributed by atoms with Crippen molar-refractivity contribution in [1.82, 2.24) is 5.32 Å². The molecule has 0 aromatic carbocycles. The van der Waals surface area contributed by atoms with Crippen molar-refractivity contribution >= 4 is 10.8 Å². The molecule has 1 aliphatic rings. The van der Waals surface area contributed by atoms with Gasteiger partial charge in [-0.05, 0) is 32.7 Å². The number of hydrogen-bond acceptors (Lipinski definition) is 2. The topological polar surface area (TPSA) is 29.1 Å². The van der Waals surface area contributed by atoms with Crippen molar-refractivity contribution in [3.63, 3.8) is 0 Å². The second-order valence-electron chi connectivity index (χ2n) is 3.86. The van der Waals surface area contributed by atoms with Crippen LogP contribution in [0.2, 0.25) is 0 Å². The minimum atomic E-state index is -0.569. The Morgan fingerprint density at radius 3 is 2.85 bits per heavy atom. The normalized spacial score (nSPS) is 31.5. The Labute approximate surface area is 83.9 Å². The summed E-state index contributed by atoms with van der Waals surface area (Å²) in [5, 5.41) is 3.76. The van der Waals surface area contributed by atoms with E-state index < -0.39 is 10.8 Å². The second-order valence-corrected chi connectivity index (χ2v) is 5.70. The average molecular weight is 203 g/mol. The predicted octanol–water partition coefficient (Wildman–Crippen LogP) is 1.68. The Hall–Kier alpha value is 0.110. The highest BCUT2D eigenvalue weighted by Gasteiger charge is 2.24. The molecule has 0 amide bonds. The van der Waals surface area contributed by atoms with Gasteiger partial charge in [-0.3, -0.25) is 4.21 Å². The molecule has 13 heavy (non-hydrogen) atoms. The lowest BCUT2D eigenvalue weighted by Gasteiger charge is -2.28. The lowest BCUT2D eigenvalue weighted by Crippen LogP contribution is -2.35. The highest BCUT2D eigenvalue weighted by Crippen LogP contribution is 2.22. The Balaban J connectivity index is 2.37. The van der Waals surface area contributed by atoms with E-state index in [1.54, 1.807) is 0 Å². The number of nitrogens with one attached hydrogen (secondary N) is 1. The largest absolute Gasteiger partial charge is 0.317 e. The first-order valence-corrected chi connectivity index (χ1v) is 6.70. The molecule has 0 bridgehead atoms. The van der Waals surface area contributed by atoms with E-state index in [0.717, 1.165) is 18.6 Å². The Morgan fingerprint density at radius 1 is 1.46 bits per heavy atom. The summed E-state index contributed by atoms with van der Waals surface area (Å²) in [6, 6.07) is 0.611. The maximum atomic E-state index is 11.7. The first-order chi connectivity index (χ1) is 6.27. The smallest absolute Gasteiger partial charge is 0.0362 e. The van der Waals surface area contributed by atoms with E-state index in [4.69, 9.17) is 0 Å². The molecule has 3 unspecified atom stereocenters. The molecule has 78 valence electrons.